The van der Waals surface area contributed by atoms with Crippen molar-refractivity contribution in [3.63, 3.8) is 0 Å². The Labute approximate surface area is 103 Å². The SMILES string of the molecule is [O-]N(O)CCCO[C@@H]1O[C@@H](CO)[C@H](O)[C@H](O)[C@H]1O. The molecule has 0 aliphatic carbocycles. The molecule has 108 valence electrons. The van der Waals surface area contributed by atoms with Crippen LogP contribution >= 0.6 is 0 Å². The number of hydrogen-bond donors (Lipinski definition) is 5. The van der Waals surface area contributed by atoms with Gasteiger partial charge in [0.15, 0.2) is 6.29 Å². The van der Waals surface area contributed by atoms with Crippen LogP contribution in [0.2, 0.25) is 0 Å². The molecule has 0 saturated carbocycles. The maximum atomic E-state index is 10.2. The molecule has 9 nitrogen and oxygen atoms in total. The summed E-state index contributed by atoms with van der Waals surface area (Å²) in [5.74, 6) is 0. The van der Waals surface area contributed by atoms with E-state index in [1.165, 1.54) is 0 Å². The lowest BCUT2D eigenvalue weighted by molar-refractivity contribution is -0.301. The van der Waals surface area contributed by atoms with E-state index in [2.05, 4.69) is 0 Å². The van der Waals surface area contributed by atoms with Crippen LogP contribution in [0.3, 0.4) is 0 Å². The molecule has 0 aromatic heterocycles. The molecular weight excluding hydrogens is 250 g/mol. The van der Waals surface area contributed by atoms with Crippen molar-refractivity contribution in [3.8, 4) is 0 Å². The molecule has 0 amide bonds. The number of ether oxygens (including phenoxy) is 2. The van der Waals surface area contributed by atoms with Crippen molar-refractivity contribution >= 4 is 0 Å². The van der Waals surface area contributed by atoms with Crippen molar-refractivity contribution in [1.29, 1.82) is 0 Å². The molecular formula is C9H18NO8-. The van der Waals surface area contributed by atoms with Gasteiger partial charge in [-0.3, -0.25) is 5.23 Å². The van der Waals surface area contributed by atoms with Crippen molar-refractivity contribution in [2.75, 3.05) is 19.8 Å². The Morgan fingerprint density at radius 1 is 1.17 bits per heavy atom. The smallest absolute Gasteiger partial charge is 0.186 e. The predicted octanol–water partition coefficient (Wildman–Crippen LogP) is -2.62. The van der Waals surface area contributed by atoms with Gasteiger partial charge in [-0.1, -0.05) is 0 Å². The summed E-state index contributed by atoms with van der Waals surface area (Å²) < 4.78 is 10.1. The molecule has 0 radical (unpaired) electrons. The molecule has 5 N–H and O–H groups in total. The van der Waals surface area contributed by atoms with Gasteiger partial charge in [0.25, 0.3) is 0 Å². The van der Waals surface area contributed by atoms with Crippen LogP contribution in [0.4, 0.5) is 0 Å². The molecule has 1 rings (SSSR count). The number of hydrogen-bond acceptors (Lipinski definition) is 9. The molecule has 1 heterocycles. The lowest BCUT2D eigenvalue weighted by Gasteiger charge is -2.39. The summed E-state index contributed by atoms with van der Waals surface area (Å²) in [5.41, 5.74) is 0. The maximum Gasteiger partial charge on any atom is 0.186 e. The van der Waals surface area contributed by atoms with E-state index in [0.29, 0.717) is 0 Å². The second-order valence-corrected chi connectivity index (χ2v) is 4.00. The Morgan fingerprint density at radius 2 is 1.83 bits per heavy atom. The van der Waals surface area contributed by atoms with Gasteiger partial charge in [-0.2, -0.15) is 0 Å². The van der Waals surface area contributed by atoms with Crippen LogP contribution < -0.4 is 0 Å². The van der Waals surface area contributed by atoms with Crippen LogP contribution in [0.5, 0.6) is 0 Å². The van der Waals surface area contributed by atoms with Crippen LogP contribution in [0.1, 0.15) is 6.42 Å². The second kappa shape index (κ2) is 7.28. The van der Waals surface area contributed by atoms with Gasteiger partial charge in [-0.15, -0.1) is 0 Å². The third-order valence-electron chi connectivity index (χ3n) is 2.62. The molecule has 0 aromatic carbocycles. The van der Waals surface area contributed by atoms with E-state index in [1.807, 2.05) is 0 Å². The molecule has 0 spiro atoms. The Balaban J connectivity index is 2.39. The van der Waals surface area contributed by atoms with Gasteiger partial charge in [0.1, 0.15) is 24.4 Å². The molecule has 1 fully saturated rings. The summed E-state index contributed by atoms with van der Waals surface area (Å²) in [6.07, 6.45) is -6.43. The molecule has 0 aromatic rings. The second-order valence-electron chi connectivity index (χ2n) is 4.00. The topological polar surface area (TPSA) is 146 Å². The largest absolute Gasteiger partial charge is 0.762 e. The molecule has 1 saturated heterocycles. The van der Waals surface area contributed by atoms with Crippen LogP contribution in [-0.2, 0) is 9.47 Å². The fraction of sp³-hybridized carbons (Fsp3) is 1.00. The normalized spacial score (nSPS) is 37.2. The first-order chi connectivity index (χ1) is 8.47. The highest BCUT2D eigenvalue weighted by Crippen LogP contribution is 2.21. The first-order valence-electron chi connectivity index (χ1n) is 5.53. The third kappa shape index (κ3) is 4.09. The molecule has 0 bridgehead atoms. The first kappa shape index (κ1) is 15.7. The zero-order valence-electron chi connectivity index (χ0n) is 9.62. The molecule has 5 atom stereocenters. The van der Waals surface area contributed by atoms with Gasteiger partial charge in [-0.05, 0) is 6.42 Å². The van der Waals surface area contributed by atoms with Crippen molar-refractivity contribution in [3.05, 3.63) is 5.21 Å². The summed E-state index contributed by atoms with van der Waals surface area (Å²) in [6, 6.07) is 0. The predicted molar refractivity (Wildman–Crippen MR) is 56.2 cm³/mol. The average molecular weight is 268 g/mol. The fourth-order valence-electron chi connectivity index (χ4n) is 1.60. The van der Waals surface area contributed by atoms with E-state index in [1.54, 1.807) is 0 Å². The summed E-state index contributed by atoms with van der Waals surface area (Å²) in [4.78, 5) is 0. The van der Waals surface area contributed by atoms with Gasteiger partial charge in [0.2, 0.25) is 0 Å². The number of aliphatic hydroxyl groups is 4. The highest BCUT2D eigenvalue weighted by molar-refractivity contribution is 4.88. The molecule has 0 unspecified atom stereocenters. The Morgan fingerprint density at radius 3 is 2.39 bits per heavy atom. The minimum Gasteiger partial charge on any atom is -0.762 e. The quantitative estimate of drug-likeness (QED) is 0.258. The van der Waals surface area contributed by atoms with Crippen molar-refractivity contribution in [2.45, 2.75) is 37.1 Å². The van der Waals surface area contributed by atoms with Gasteiger partial charge < -0.3 is 40.3 Å². The highest BCUT2D eigenvalue weighted by atomic mass is 16.8. The summed E-state index contributed by atoms with van der Waals surface area (Å²) in [5, 5.41) is 55.7. The van der Waals surface area contributed by atoms with E-state index in [4.69, 9.17) is 19.8 Å². The molecule has 1 aliphatic rings. The fourth-order valence-corrected chi connectivity index (χ4v) is 1.60. The van der Waals surface area contributed by atoms with Crippen LogP contribution in [0, 0.1) is 5.21 Å². The number of hydroxylamine groups is 2. The minimum atomic E-state index is -1.49. The van der Waals surface area contributed by atoms with Crippen LogP contribution in [0.15, 0.2) is 0 Å². The zero-order valence-corrected chi connectivity index (χ0v) is 9.62. The standard InChI is InChI=1S/C9H18NO8/c11-4-5-6(12)7(13)8(14)9(18-5)17-3-1-2-10(15)16/h5-9,11-15H,1-4H2/q-1/t5-,6-,7-,8+,9+/m0/s1. The Hall–Kier alpha value is -0.360. The number of nitrogens with zero attached hydrogens (tertiary/aromatic N) is 1. The molecule has 18 heavy (non-hydrogen) atoms. The van der Waals surface area contributed by atoms with Gasteiger partial charge in [0, 0.05) is 6.54 Å². The lowest BCUT2D eigenvalue weighted by atomic mass is 9.99. The lowest BCUT2D eigenvalue weighted by Crippen LogP contribution is -2.59. The number of rotatable bonds is 6. The Bertz CT molecular complexity index is 239. The summed E-state index contributed by atoms with van der Waals surface area (Å²) >= 11 is 0. The van der Waals surface area contributed by atoms with Crippen molar-refractivity contribution < 1.29 is 35.1 Å². The average Bonchev–Trinajstić information content (AvgIpc) is 2.34. The minimum absolute atomic E-state index is 0.00197. The van der Waals surface area contributed by atoms with Gasteiger partial charge in [0.05, 0.1) is 13.2 Å². The van der Waals surface area contributed by atoms with Crippen molar-refractivity contribution in [2.24, 2.45) is 0 Å². The number of aliphatic hydroxyl groups excluding tert-OH is 4. The zero-order chi connectivity index (χ0) is 13.7. The van der Waals surface area contributed by atoms with Crippen molar-refractivity contribution in [1.82, 2.24) is 5.23 Å². The molecule has 1 aliphatic heterocycles. The van der Waals surface area contributed by atoms with E-state index in [0.717, 1.165) is 0 Å². The van der Waals surface area contributed by atoms with E-state index >= 15 is 0 Å². The summed E-state index contributed by atoms with van der Waals surface area (Å²) in [7, 11) is 0. The van der Waals surface area contributed by atoms with Crippen LogP contribution in [0.25, 0.3) is 0 Å². The van der Waals surface area contributed by atoms with E-state index < -0.39 is 37.3 Å². The van der Waals surface area contributed by atoms with E-state index in [-0.39, 0.29) is 24.8 Å². The third-order valence-corrected chi connectivity index (χ3v) is 2.62. The highest BCUT2D eigenvalue weighted by Gasteiger charge is 2.43. The van der Waals surface area contributed by atoms with E-state index in [9.17, 15) is 20.5 Å². The Kier molecular flexibility index (Phi) is 6.35. The molecule has 9 heteroatoms. The van der Waals surface area contributed by atoms with Gasteiger partial charge >= 0.3 is 0 Å². The summed E-state index contributed by atoms with van der Waals surface area (Å²) in [6.45, 7) is -0.699. The monoisotopic (exact) mass is 268 g/mol. The first-order valence-corrected chi connectivity index (χ1v) is 5.53. The maximum absolute atomic E-state index is 10.2. The van der Waals surface area contributed by atoms with Crippen LogP contribution in [-0.4, -0.2) is 81.3 Å². The van der Waals surface area contributed by atoms with Gasteiger partial charge in [-0.25, -0.2) is 0 Å².